The number of rotatable bonds is 4. The summed E-state index contributed by atoms with van der Waals surface area (Å²) in [5, 5.41) is 3.35. The Morgan fingerprint density at radius 3 is 2.93 bits per heavy atom. The van der Waals surface area contributed by atoms with E-state index in [1.54, 1.807) is 12.4 Å². The van der Waals surface area contributed by atoms with E-state index in [0.717, 1.165) is 18.1 Å². The van der Waals surface area contributed by atoms with Crippen LogP contribution in [0.1, 0.15) is 24.5 Å². The lowest BCUT2D eigenvalue weighted by Gasteiger charge is -2.11. The molecular weight excluding hydrogens is 188 g/mol. The van der Waals surface area contributed by atoms with Gasteiger partial charge in [-0.3, -0.25) is 4.98 Å². The highest BCUT2D eigenvalue weighted by Crippen LogP contribution is 2.07. The molecule has 2 N–H and O–H groups in total. The van der Waals surface area contributed by atoms with Crippen LogP contribution < -0.4 is 5.32 Å². The zero-order valence-electron chi connectivity index (χ0n) is 8.64. The second-order valence-corrected chi connectivity index (χ2v) is 3.39. The SMILES string of the molecule is C[C@H](NCc1ncc[nH]1)c1ccccn1. The molecule has 1 atom stereocenters. The van der Waals surface area contributed by atoms with Crippen molar-refractivity contribution in [3.63, 3.8) is 0 Å². The van der Waals surface area contributed by atoms with Crippen LogP contribution in [0.3, 0.4) is 0 Å². The summed E-state index contributed by atoms with van der Waals surface area (Å²) in [6.45, 7) is 2.82. The summed E-state index contributed by atoms with van der Waals surface area (Å²) >= 11 is 0. The van der Waals surface area contributed by atoms with Crippen molar-refractivity contribution in [2.75, 3.05) is 0 Å². The maximum absolute atomic E-state index is 4.29. The Balaban J connectivity index is 1.90. The van der Waals surface area contributed by atoms with E-state index in [9.17, 15) is 0 Å². The van der Waals surface area contributed by atoms with Gasteiger partial charge in [0.25, 0.3) is 0 Å². The van der Waals surface area contributed by atoms with Crippen LogP contribution in [0.15, 0.2) is 36.8 Å². The van der Waals surface area contributed by atoms with Gasteiger partial charge in [-0.1, -0.05) is 6.07 Å². The Morgan fingerprint density at radius 2 is 2.27 bits per heavy atom. The van der Waals surface area contributed by atoms with Crippen LogP contribution in [-0.4, -0.2) is 15.0 Å². The van der Waals surface area contributed by atoms with E-state index in [4.69, 9.17) is 0 Å². The second kappa shape index (κ2) is 4.70. The molecule has 0 fully saturated rings. The van der Waals surface area contributed by atoms with E-state index in [1.165, 1.54) is 0 Å². The quantitative estimate of drug-likeness (QED) is 0.792. The number of pyridine rings is 1. The topological polar surface area (TPSA) is 53.6 Å². The van der Waals surface area contributed by atoms with Gasteiger partial charge in [-0.15, -0.1) is 0 Å². The molecule has 4 nitrogen and oxygen atoms in total. The molecule has 4 heteroatoms. The van der Waals surface area contributed by atoms with Gasteiger partial charge >= 0.3 is 0 Å². The highest BCUT2D eigenvalue weighted by atomic mass is 15.0. The number of imidazole rings is 1. The summed E-state index contributed by atoms with van der Waals surface area (Å²) in [6.07, 6.45) is 5.38. The van der Waals surface area contributed by atoms with Gasteiger partial charge in [0.15, 0.2) is 0 Å². The Labute approximate surface area is 88.8 Å². The van der Waals surface area contributed by atoms with Crippen LogP contribution in [0.5, 0.6) is 0 Å². The summed E-state index contributed by atoms with van der Waals surface area (Å²) in [5.74, 6) is 0.942. The fourth-order valence-corrected chi connectivity index (χ4v) is 1.38. The third kappa shape index (κ3) is 2.63. The third-order valence-corrected chi connectivity index (χ3v) is 2.26. The number of nitrogens with one attached hydrogen (secondary N) is 2. The van der Waals surface area contributed by atoms with Crippen molar-refractivity contribution in [1.82, 2.24) is 20.3 Å². The zero-order chi connectivity index (χ0) is 10.5. The molecule has 0 aromatic carbocycles. The fourth-order valence-electron chi connectivity index (χ4n) is 1.38. The summed E-state index contributed by atoms with van der Waals surface area (Å²) in [6, 6.07) is 6.16. The lowest BCUT2D eigenvalue weighted by molar-refractivity contribution is 0.550. The number of nitrogens with zero attached hydrogens (tertiary/aromatic N) is 2. The largest absolute Gasteiger partial charge is 0.348 e. The predicted molar refractivity (Wildman–Crippen MR) is 58.1 cm³/mol. The van der Waals surface area contributed by atoms with E-state index in [1.807, 2.05) is 24.4 Å². The summed E-state index contributed by atoms with van der Waals surface area (Å²) in [4.78, 5) is 11.5. The van der Waals surface area contributed by atoms with E-state index < -0.39 is 0 Å². The van der Waals surface area contributed by atoms with E-state index in [0.29, 0.717) is 0 Å². The molecule has 2 aromatic heterocycles. The Bertz CT molecular complexity index is 382. The molecule has 0 aliphatic rings. The molecule has 0 unspecified atom stereocenters. The summed E-state index contributed by atoms with van der Waals surface area (Å²) in [5.41, 5.74) is 1.05. The number of hydrogen-bond acceptors (Lipinski definition) is 3. The lowest BCUT2D eigenvalue weighted by Crippen LogP contribution is -2.19. The summed E-state index contributed by atoms with van der Waals surface area (Å²) in [7, 11) is 0. The molecule has 0 radical (unpaired) electrons. The van der Waals surface area contributed by atoms with Crippen molar-refractivity contribution in [2.24, 2.45) is 0 Å². The van der Waals surface area contributed by atoms with Crippen LogP contribution in [0, 0.1) is 0 Å². The molecule has 0 saturated heterocycles. The van der Waals surface area contributed by atoms with Gasteiger partial charge in [0, 0.05) is 24.6 Å². The monoisotopic (exact) mass is 202 g/mol. The van der Waals surface area contributed by atoms with Gasteiger partial charge < -0.3 is 10.3 Å². The number of H-pyrrole nitrogens is 1. The van der Waals surface area contributed by atoms with Gasteiger partial charge in [-0.25, -0.2) is 4.98 Å². The first-order chi connectivity index (χ1) is 7.36. The normalized spacial score (nSPS) is 12.6. The molecular formula is C11H14N4. The molecule has 0 saturated carbocycles. The van der Waals surface area contributed by atoms with E-state index in [-0.39, 0.29) is 6.04 Å². The average molecular weight is 202 g/mol. The van der Waals surface area contributed by atoms with Crippen LogP contribution in [0.25, 0.3) is 0 Å². The molecule has 2 aromatic rings. The minimum Gasteiger partial charge on any atom is -0.348 e. The summed E-state index contributed by atoms with van der Waals surface area (Å²) < 4.78 is 0. The van der Waals surface area contributed by atoms with Gasteiger partial charge in [0.05, 0.1) is 12.2 Å². The zero-order valence-corrected chi connectivity index (χ0v) is 8.64. The van der Waals surface area contributed by atoms with Gasteiger partial charge in [-0.2, -0.15) is 0 Å². The third-order valence-electron chi connectivity index (χ3n) is 2.26. The molecule has 0 spiro atoms. The first-order valence-electron chi connectivity index (χ1n) is 4.99. The Hall–Kier alpha value is -1.68. The smallest absolute Gasteiger partial charge is 0.120 e. The first kappa shape index (κ1) is 9.86. The van der Waals surface area contributed by atoms with E-state index >= 15 is 0 Å². The molecule has 0 bridgehead atoms. The second-order valence-electron chi connectivity index (χ2n) is 3.39. The van der Waals surface area contributed by atoms with Gasteiger partial charge in [-0.05, 0) is 19.1 Å². The maximum Gasteiger partial charge on any atom is 0.120 e. The van der Waals surface area contributed by atoms with Crippen LogP contribution in [0.2, 0.25) is 0 Å². The molecule has 0 aliphatic carbocycles. The molecule has 78 valence electrons. The highest BCUT2D eigenvalue weighted by Gasteiger charge is 2.05. The van der Waals surface area contributed by atoms with Crippen molar-refractivity contribution in [2.45, 2.75) is 19.5 Å². The van der Waals surface area contributed by atoms with Crippen LogP contribution in [-0.2, 0) is 6.54 Å². The minimum absolute atomic E-state index is 0.233. The van der Waals surface area contributed by atoms with Crippen molar-refractivity contribution < 1.29 is 0 Å². The van der Waals surface area contributed by atoms with Crippen molar-refractivity contribution in [1.29, 1.82) is 0 Å². The fraction of sp³-hybridized carbons (Fsp3) is 0.273. The molecule has 0 aliphatic heterocycles. The number of aromatic nitrogens is 3. The van der Waals surface area contributed by atoms with Gasteiger partial charge in [0.2, 0.25) is 0 Å². The lowest BCUT2D eigenvalue weighted by atomic mass is 10.2. The van der Waals surface area contributed by atoms with Crippen molar-refractivity contribution in [3.05, 3.63) is 48.3 Å². The Morgan fingerprint density at radius 1 is 1.33 bits per heavy atom. The first-order valence-corrected chi connectivity index (χ1v) is 4.99. The van der Waals surface area contributed by atoms with Gasteiger partial charge in [0.1, 0.15) is 5.82 Å². The van der Waals surface area contributed by atoms with Crippen molar-refractivity contribution in [3.8, 4) is 0 Å². The van der Waals surface area contributed by atoms with E-state index in [2.05, 4.69) is 27.2 Å². The molecule has 0 amide bonds. The number of aromatic amines is 1. The molecule has 2 heterocycles. The van der Waals surface area contributed by atoms with Crippen LogP contribution >= 0.6 is 0 Å². The average Bonchev–Trinajstić information content (AvgIpc) is 2.80. The number of hydrogen-bond donors (Lipinski definition) is 2. The predicted octanol–water partition coefficient (Wildman–Crippen LogP) is 1.66. The standard InChI is InChI=1S/C11H14N4/c1-9(10-4-2-3-5-12-10)15-8-11-13-6-7-14-11/h2-7,9,15H,8H2,1H3,(H,13,14)/t9-/m0/s1. The minimum atomic E-state index is 0.233. The van der Waals surface area contributed by atoms with Crippen molar-refractivity contribution >= 4 is 0 Å². The Kier molecular flexibility index (Phi) is 3.09. The molecule has 15 heavy (non-hydrogen) atoms. The molecule has 2 rings (SSSR count). The highest BCUT2D eigenvalue weighted by molar-refractivity contribution is 5.07. The maximum atomic E-state index is 4.29. The van der Waals surface area contributed by atoms with Crippen LogP contribution in [0.4, 0.5) is 0 Å².